The molecule has 1 aromatic heterocycles. The first kappa shape index (κ1) is 9.40. The van der Waals surface area contributed by atoms with Crippen LogP contribution >= 0.6 is 12.2 Å². The molecule has 0 radical (unpaired) electrons. The maximum atomic E-state index is 5.59. The van der Waals surface area contributed by atoms with Gasteiger partial charge in [-0.2, -0.15) is 0 Å². The molecular formula is C10H12N2OS. The largest absolute Gasteiger partial charge is 0.474 e. The highest BCUT2D eigenvalue weighted by atomic mass is 32.1. The molecule has 0 amide bonds. The van der Waals surface area contributed by atoms with Gasteiger partial charge in [0.1, 0.15) is 11.1 Å². The average Bonchev–Trinajstić information content (AvgIpc) is 2.12. The van der Waals surface area contributed by atoms with Gasteiger partial charge < -0.3 is 10.5 Å². The second kappa shape index (κ2) is 3.92. The Morgan fingerprint density at radius 3 is 2.71 bits per heavy atom. The van der Waals surface area contributed by atoms with E-state index < -0.39 is 0 Å². The minimum Gasteiger partial charge on any atom is -0.474 e. The van der Waals surface area contributed by atoms with E-state index in [0.29, 0.717) is 17.0 Å². The van der Waals surface area contributed by atoms with Crippen molar-refractivity contribution in [1.82, 2.24) is 4.98 Å². The normalized spacial score (nSPS) is 16.0. The Labute approximate surface area is 88.3 Å². The van der Waals surface area contributed by atoms with E-state index in [1.54, 1.807) is 6.20 Å². The number of nitrogens with two attached hydrogens (primary N) is 1. The van der Waals surface area contributed by atoms with E-state index in [1.165, 1.54) is 6.42 Å². The lowest BCUT2D eigenvalue weighted by Gasteiger charge is -2.25. The fourth-order valence-corrected chi connectivity index (χ4v) is 1.38. The SMILES string of the molecule is NC(=S)c1ccc(OC2CCC2)nc1. The van der Waals surface area contributed by atoms with Crippen LogP contribution in [0.5, 0.6) is 5.88 Å². The van der Waals surface area contributed by atoms with Crippen LogP contribution < -0.4 is 10.5 Å². The summed E-state index contributed by atoms with van der Waals surface area (Å²) in [7, 11) is 0. The van der Waals surface area contributed by atoms with Crippen molar-refractivity contribution in [3.8, 4) is 5.88 Å². The third kappa shape index (κ3) is 2.01. The van der Waals surface area contributed by atoms with Gasteiger partial charge in [-0.25, -0.2) is 4.98 Å². The molecule has 2 rings (SSSR count). The predicted octanol–water partition coefficient (Wildman–Crippen LogP) is 1.65. The Kier molecular flexibility index (Phi) is 2.63. The zero-order valence-electron chi connectivity index (χ0n) is 7.77. The average molecular weight is 208 g/mol. The minimum absolute atomic E-state index is 0.359. The van der Waals surface area contributed by atoms with E-state index in [0.717, 1.165) is 18.4 Å². The van der Waals surface area contributed by atoms with Gasteiger partial charge in [0.25, 0.3) is 0 Å². The number of hydrogen-bond acceptors (Lipinski definition) is 3. The zero-order valence-corrected chi connectivity index (χ0v) is 8.59. The number of ether oxygens (including phenoxy) is 1. The molecule has 1 aromatic rings. The van der Waals surface area contributed by atoms with Crippen molar-refractivity contribution in [2.75, 3.05) is 0 Å². The van der Waals surface area contributed by atoms with Crippen molar-refractivity contribution in [2.24, 2.45) is 5.73 Å². The molecule has 74 valence electrons. The minimum atomic E-state index is 0.359. The molecule has 1 aliphatic carbocycles. The number of thiocarbonyl (C=S) groups is 1. The standard InChI is InChI=1S/C10H12N2OS/c11-10(14)7-4-5-9(12-6-7)13-8-2-1-3-8/h4-6,8H,1-3H2,(H2,11,14). The molecule has 1 saturated carbocycles. The summed E-state index contributed by atoms with van der Waals surface area (Å²) < 4.78 is 5.59. The third-order valence-electron chi connectivity index (χ3n) is 2.36. The quantitative estimate of drug-likeness (QED) is 0.767. The fraction of sp³-hybridized carbons (Fsp3) is 0.400. The fourth-order valence-electron chi connectivity index (χ4n) is 1.26. The van der Waals surface area contributed by atoms with Crippen molar-refractivity contribution in [1.29, 1.82) is 0 Å². The molecule has 14 heavy (non-hydrogen) atoms. The summed E-state index contributed by atoms with van der Waals surface area (Å²) in [6.07, 6.45) is 5.54. The van der Waals surface area contributed by atoms with Crippen LogP contribution in [0.15, 0.2) is 18.3 Å². The molecule has 1 heterocycles. The van der Waals surface area contributed by atoms with E-state index >= 15 is 0 Å². The van der Waals surface area contributed by atoms with Crippen LogP contribution in [0.25, 0.3) is 0 Å². The molecule has 3 nitrogen and oxygen atoms in total. The summed E-state index contributed by atoms with van der Waals surface area (Å²) in [5.74, 6) is 0.662. The highest BCUT2D eigenvalue weighted by Crippen LogP contribution is 2.23. The molecule has 4 heteroatoms. The topological polar surface area (TPSA) is 48.1 Å². The maximum Gasteiger partial charge on any atom is 0.213 e. The summed E-state index contributed by atoms with van der Waals surface area (Å²) in [4.78, 5) is 4.50. The van der Waals surface area contributed by atoms with Gasteiger partial charge in [-0.15, -0.1) is 0 Å². The van der Waals surface area contributed by atoms with E-state index in [1.807, 2.05) is 12.1 Å². The van der Waals surface area contributed by atoms with Crippen molar-refractivity contribution < 1.29 is 4.74 Å². The third-order valence-corrected chi connectivity index (χ3v) is 2.60. The van der Waals surface area contributed by atoms with Gasteiger partial charge in [0.2, 0.25) is 5.88 Å². The molecule has 0 aromatic carbocycles. The Morgan fingerprint density at radius 2 is 2.29 bits per heavy atom. The van der Waals surface area contributed by atoms with Crippen LogP contribution in [0, 0.1) is 0 Å². The summed E-state index contributed by atoms with van der Waals surface area (Å²) in [6, 6.07) is 3.65. The van der Waals surface area contributed by atoms with Gasteiger partial charge in [0.15, 0.2) is 0 Å². The van der Waals surface area contributed by atoms with Crippen LogP contribution in [0.1, 0.15) is 24.8 Å². The molecule has 0 unspecified atom stereocenters. The molecule has 0 spiro atoms. The molecular weight excluding hydrogens is 196 g/mol. The highest BCUT2D eigenvalue weighted by Gasteiger charge is 2.19. The van der Waals surface area contributed by atoms with E-state index in [-0.39, 0.29) is 0 Å². The zero-order chi connectivity index (χ0) is 9.97. The molecule has 0 aliphatic heterocycles. The Morgan fingerprint density at radius 1 is 1.50 bits per heavy atom. The van der Waals surface area contributed by atoms with Gasteiger partial charge in [-0.05, 0) is 25.3 Å². The molecule has 1 aliphatic rings. The lowest BCUT2D eigenvalue weighted by atomic mass is 9.96. The summed E-state index contributed by atoms with van der Waals surface area (Å²) in [5.41, 5.74) is 6.23. The Bertz CT molecular complexity index is 332. The van der Waals surface area contributed by atoms with Crippen molar-refractivity contribution in [3.63, 3.8) is 0 Å². The summed E-state index contributed by atoms with van der Waals surface area (Å²) in [5, 5.41) is 0. The molecule has 0 bridgehead atoms. The van der Waals surface area contributed by atoms with Gasteiger partial charge in [0, 0.05) is 17.8 Å². The number of nitrogens with zero attached hydrogens (tertiary/aromatic N) is 1. The van der Waals surface area contributed by atoms with E-state index in [9.17, 15) is 0 Å². The van der Waals surface area contributed by atoms with Crippen LogP contribution in [-0.2, 0) is 0 Å². The van der Waals surface area contributed by atoms with Crippen LogP contribution in [0.3, 0.4) is 0 Å². The van der Waals surface area contributed by atoms with Gasteiger partial charge in [0.05, 0.1) is 0 Å². The summed E-state index contributed by atoms with van der Waals surface area (Å²) >= 11 is 4.82. The number of hydrogen-bond donors (Lipinski definition) is 1. The highest BCUT2D eigenvalue weighted by molar-refractivity contribution is 7.80. The molecule has 0 atom stereocenters. The van der Waals surface area contributed by atoms with Crippen LogP contribution in [0.2, 0.25) is 0 Å². The Hall–Kier alpha value is -1.16. The second-order valence-electron chi connectivity index (χ2n) is 3.42. The van der Waals surface area contributed by atoms with E-state index in [2.05, 4.69) is 4.98 Å². The van der Waals surface area contributed by atoms with Crippen molar-refractivity contribution in [3.05, 3.63) is 23.9 Å². The summed E-state index contributed by atoms with van der Waals surface area (Å²) in [6.45, 7) is 0. The van der Waals surface area contributed by atoms with E-state index in [4.69, 9.17) is 22.7 Å². The lowest BCUT2D eigenvalue weighted by Crippen LogP contribution is -2.25. The predicted molar refractivity (Wildman–Crippen MR) is 58.4 cm³/mol. The Balaban J connectivity index is 2.01. The van der Waals surface area contributed by atoms with Gasteiger partial charge in [-0.1, -0.05) is 12.2 Å². The number of aromatic nitrogens is 1. The van der Waals surface area contributed by atoms with Gasteiger partial charge >= 0.3 is 0 Å². The number of pyridine rings is 1. The molecule has 2 N–H and O–H groups in total. The van der Waals surface area contributed by atoms with Crippen molar-refractivity contribution >= 4 is 17.2 Å². The molecule has 0 saturated heterocycles. The van der Waals surface area contributed by atoms with Crippen LogP contribution in [-0.4, -0.2) is 16.1 Å². The monoisotopic (exact) mass is 208 g/mol. The second-order valence-corrected chi connectivity index (χ2v) is 3.86. The first-order chi connectivity index (χ1) is 6.75. The first-order valence-electron chi connectivity index (χ1n) is 4.68. The first-order valence-corrected chi connectivity index (χ1v) is 5.09. The smallest absolute Gasteiger partial charge is 0.213 e. The molecule has 1 fully saturated rings. The lowest BCUT2D eigenvalue weighted by molar-refractivity contribution is 0.114. The van der Waals surface area contributed by atoms with Gasteiger partial charge in [-0.3, -0.25) is 0 Å². The maximum absolute atomic E-state index is 5.59. The van der Waals surface area contributed by atoms with Crippen LogP contribution in [0.4, 0.5) is 0 Å². The van der Waals surface area contributed by atoms with Crippen molar-refractivity contribution in [2.45, 2.75) is 25.4 Å². The number of rotatable bonds is 3.